The second-order valence-electron chi connectivity index (χ2n) is 11.3. The number of nitrogens with zero attached hydrogens (tertiary/aromatic N) is 3. The van der Waals surface area contributed by atoms with Crippen molar-refractivity contribution in [3.05, 3.63) is 152 Å². The molecular weight excluding hydrogens is 567 g/mol. The molecule has 0 aliphatic carbocycles. The SMILES string of the molecule is c1ccc(-c2nc3ccc(-c4ccc(-c5ccc(-c6ccc7ccc8cccnc8c7n6)c6ccccc56)cc4)cc3s2)cc1. The lowest BCUT2D eigenvalue weighted by molar-refractivity contribution is 1.37. The Labute approximate surface area is 264 Å². The minimum Gasteiger partial charge on any atom is -0.254 e. The smallest absolute Gasteiger partial charge is 0.124 e. The van der Waals surface area contributed by atoms with Crippen LogP contribution in [-0.2, 0) is 0 Å². The molecule has 0 atom stereocenters. The molecule has 0 radical (unpaired) electrons. The molecule has 0 aliphatic rings. The van der Waals surface area contributed by atoms with E-state index in [0.717, 1.165) is 49.2 Å². The Balaban J connectivity index is 1.09. The zero-order valence-corrected chi connectivity index (χ0v) is 25.0. The van der Waals surface area contributed by atoms with Gasteiger partial charge in [0.25, 0.3) is 0 Å². The van der Waals surface area contributed by atoms with Gasteiger partial charge >= 0.3 is 0 Å². The second-order valence-corrected chi connectivity index (χ2v) is 12.3. The van der Waals surface area contributed by atoms with Crippen LogP contribution in [0.1, 0.15) is 0 Å². The van der Waals surface area contributed by atoms with Crippen LogP contribution in [0.4, 0.5) is 0 Å². The van der Waals surface area contributed by atoms with E-state index in [9.17, 15) is 0 Å². The van der Waals surface area contributed by atoms with Crippen molar-refractivity contribution in [2.24, 2.45) is 0 Å². The maximum Gasteiger partial charge on any atom is 0.124 e. The van der Waals surface area contributed by atoms with Crippen LogP contribution in [0.15, 0.2) is 152 Å². The minimum absolute atomic E-state index is 0.933. The van der Waals surface area contributed by atoms with Crippen LogP contribution in [0.5, 0.6) is 0 Å². The number of hydrogen-bond acceptors (Lipinski definition) is 4. The van der Waals surface area contributed by atoms with Crippen LogP contribution >= 0.6 is 11.3 Å². The van der Waals surface area contributed by atoms with Crippen molar-refractivity contribution >= 4 is 54.1 Å². The summed E-state index contributed by atoms with van der Waals surface area (Å²) in [6.07, 6.45) is 1.84. The number of fused-ring (bicyclic) bond motifs is 5. The lowest BCUT2D eigenvalue weighted by Crippen LogP contribution is -1.91. The largest absolute Gasteiger partial charge is 0.254 e. The molecule has 3 nitrogen and oxygen atoms in total. The molecule has 45 heavy (non-hydrogen) atoms. The molecule has 3 aromatic heterocycles. The zero-order valence-electron chi connectivity index (χ0n) is 24.2. The molecule has 0 bridgehead atoms. The van der Waals surface area contributed by atoms with Gasteiger partial charge in [-0.2, -0.15) is 0 Å². The monoisotopic (exact) mass is 591 g/mol. The molecule has 0 unspecified atom stereocenters. The highest BCUT2D eigenvalue weighted by Crippen LogP contribution is 2.38. The molecule has 6 aromatic carbocycles. The normalized spacial score (nSPS) is 11.6. The van der Waals surface area contributed by atoms with Crippen LogP contribution in [0.25, 0.3) is 86.9 Å². The van der Waals surface area contributed by atoms with Gasteiger partial charge in [-0.15, -0.1) is 11.3 Å². The van der Waals surface area contributed by atoms with E-state index < -0.39 is 0 Å². The van der Waals surface area contributed by atoms with Crippen LogP contribution in [0.2, 0.25) is 0 Å². The fraction of sp³-hybridized carbons (Fsp3) is 0. The van der Waals surface area contributed by atoms with E-state index in [-0.39, 0.29) is 0 Å². The van der Waals surface area contributed by atoms with Crippen LogP contribution in [-0.4, -0.2) is 15.0 Å². The van der Waals surface area contributed by atoms with Gasteiger partial charge in [-0.1, -0.05) is 121 Å². The highest BCUT2D eigenvalue weighted by atomic mass is 32.1. The van der Waals surface area contributed by atoms with Crippen LogP contribution in [0, 0.1) is 0 Å². The van der Waals surface area contributed by atoms with Crippen LogP contribution < -0.4 is 0 Å². The van der Waals surface area contributed by atoms with E-state index in [4.69, 9.17) is 9.97 Å². The molecule has 0 spiro atoms. The molecule has 0 fully saturated rings. The summed E-state index contributed by atoms with van der Waals surface area (Å²) in [6, 6.07) is 51.5. The summed E-state index contributed by atoms with van der Waals surface area (Å²) >= 11 is 1.74. The predicted molar refractivity (Wildman–Crippen MR) is 189 cm³/mol. The minimum atomic E-state index is 0.933. The maximum absolute atomic E-state index is 5.15. The average Bonchev–Trinajstić information content (AvgIpc) is 3.55. The summed E-state index contributed by atoms with van der Waals surface area (Å²) in [5.41, 5.74) is 10.9. The van der Waals surface area contributed by atoms with E-state index in [1.54, 1.807) is 11.3 Å². The molecule has 0 aliphatic heterocycles. The fourth-order valence-electron chi connectivity index (χ4n) is 6.30. The lowest BCUT2D eigenvalue weighted by atomic mass is 9.92. The number of benzene rings is 6. The first-order chi connectivity index (χ1) is 22.3. The molecule has 210 valence electrons. The zero-order chi connectivity index (χ0) is 29.7. The standard InChI is InChI=1S/C41H25N3S/c1-2-7-30(8-3-1)41-44-37-23-19-31(25-38(37)45-41)26-12-14-27(15-13-26)32-20-21-35(34-11-5-4-10-33(32)34)36-22-18-29-17-16-28-9-6-24-42-39(28)40(29)43-36/h1-25H. The Bertz CT molecular complexity index is 2530. The molecule has 0 saturated carbocycles. The maximum atomic E-state index is 5.15. The Hall–Kier alpha value is -5.71. The topological polar surface area (TPSA) is 38.7 Å². The van der Waals surface area contributed by atoms with Crippen LogP contribution in [0.3, 0.4) is 0 Å². The highest BCUT2D eigenvalue weighted by molar-refractivity contribution is 7.21. The molecule has 0 amide bonds. The first-order valence-corrected chi connectivity index (χ1v) is 15.8. The summed E-state index contributed by atoms with van der Waals surface area (Å²) in [6.45, 7) is 0. The third kappa shape index (κ3) is 4.46. The summed E-state index contributed by atoms with van der Waals surface area (Å²) in [5.74, 6) is 0. The van der Waals surface area contributed by atoms with E-state index in [1.165, 1.54) is 37.7 Å². The van der Waals surface area contributed by atoms with Crippen molar-refractivity contribution in [3.8, 4) is 44.1 Å². The average molecular weight is 592 g/mol. The van der Waals surface area contributed by atoms with Gasteiger partial charge in [0, 0.05) is 28.1 Å². The first kappa shape index (κ1) is 25.8. The molecule has 4 heteroatoms. The van der Waals surface area contributed by atoms with Gasteiger partial charge in [0.2, 0.25) is 0 Å². The van der Waals surface area contributed by atoms with Gasteiger partial charge in [0.15, 0.2) is 0 Å². The summed E-state index contributed by atoms with van der Waals surface area (Å²) in [4.78, 5) is 14.7. The van der Waals surface area contributed by atoms with Gasteiger partial charge in [0.1, 0.15) is 5.01 Å². The molecule has 3 heterocycles. The molecule has 0 saturated heterocycles. The Morgan fingerprint density at radius 2 is 1.13 bits per heavy atom. The van der Waals surface area contributed by atoms with E-state index in [2.05, 4.69) is 138 Å². The predicted octanol–water partition coefficient (Wildman–Crippen LogP) is 11.2. The number of rotatable bonds is 4. The summed E-state index contributed by atoms with van der Waals surface area (Å²) in [5, 5.41) is 5.64. The lowest BCUT2D eigenvalue weighted by Gasteiger charge is -2.13. The Morgan fingerprint density at radius 1 is 0.444 bits per heavy atom. The van der Waals surface area contributed by atoms with Gasteiger partial charge in [-0.05, 0) is 57.3 Å². The fourth-order valence-corrected chi connectivity index (χ4v) is 7.31. The van der Waals surface area contributed by atoms with Gasteiger partial charge in [-0.25, -0.2) is 9.97 Å². The highest BCUT2D eigenvalue weighted by Gasteiger charge is 2.13. The number of aromatic nitrogens is 3. The second kappa shape index (κ2) is 10.5. The quantitative estimate of drug-likeness (QED) is 0.191. The van der Waals surface area contributed by atoms with Gasteiger partial charge < -0.3 is 0 Å². The summed E-state index contributed by atoms with van der Waals surface area (Å²) < 4.78 is 1.20. The van der Waals surface area contributed by atoms with E-state index in [1.807, 2.05) is 18.3 Å². The molecule has 0 N–H and O–H groups in total. The third-order valence-electron chi connectivity index (χ3n) is 8.57. The number of pyridine rings is 2. The van der Waals surface area contributed by atoms with E-state index in [0.29, 0.717) is 0 Å². The molecular formula is C41H25N3S. The van der Waals surface area contributed by atoms with Crippen molar-refractivity contribution in [1.29, 1.82) is 0 Å². The first-order valence-electron chi connectivity index (χ1n) is 15.0. The van der Waals surface area contributed by atoms with Crippen molar-refractivity contribution in [3.63, 3.8) is 0 Å². The summed E-state index contributed by atoms with van der Waals surface area (Å²) in [7, 11) is 0. The number of hydrogen-bond donors (Lipinski definition) is 0. The van der Waals surface area contributed by atoms with Gasteiger partial charge in [-0.3, -0.25) is 4.98 Å². The van der Waals surface area contributed by atoms with E-state index >= 15 is 0 Å². The molecule has 9 aromatic rings. The Kier molecular flexibility index (Phi) is 6.00. The third-order valence-corrected chi connectivity index (χ3v) is 9.64. The number of thiazole rings is 1. The van der Waals surface area contributed by atoms with Crippen molar-refractivity contribution in [2.45, 2.75) is 0 Å². The molecule has 9 rings (SSSR count). The van der Waals surface area contributed by atoms with Crippen molar-refractivity contribution < 1.29 is 0 Å². The Morgan fingerprint density at radius 3 is 1.98 bits per heavy atom. The van der Waals surface area contributed by atoms with Gasteiger partial charge in [0.05, 0.1) is 26.9 Å². The van der Waals surface area contributed by atoms with Crippen molar-refractivity contribution in [1.82, 2.24) is 15.0 Å². The van der Waals surface area contributed by atoms with Crippen molar-refractivity contribution in [2.75, 3.05) is 0 Å².